The zero-order valence-corrected chi connectivity index (χ0v) is 32.3. The number of nitrogens with zero attached hydrogens (tertiary/aromatic N) is 3. The van der Waals surface area contributed by atoms with Crippen molar-refractivity contribution >= 4 is 32.7 Å². The minimum atomic E-state index is 0.0208. The molecule has 59 heavy (non-hydrogen) atoms. The second-order valence-electron chi connectivity index (χ2n) is 16.9. The molecule has 6 aliphatic carbocycles. The highest BCUT2D eigenvalue weighted by atomic mass is 14.9. The van der Waals surface area contributed by atoms with E-state index in [9.17, 15) is 0 Å². The molecule has 0 radical (unpaired) electrons. The lowest BCUT2D eigenvalue weighted by Gasteiger charge is -2.42. The lowest BCUT2D eigenvalue weighted by Crippen LogP contribution is -2.29. The average Bonchev–Trinajstić information content (AvgIpc) is 3.30. The van der Waals surface area contributed by atoms with Crippen LogP contribution in [-0.4, -0.2) is 15.0 Å². The molecular formula is C56H35N3. The molecule has 0 amide bonds. The Morgan fingerprint density at radius 2 is 0.695 bits per heavy atom. The van der Waals surface area contributed by atoms with Gasteiger partial charge in [0.25, 0.3) is 0 Å². The molecule has 4 bridgehead atoms. The molecule has 0 atom stereocenters. The molecule has 2 heterocycles. The smallest absolute Gasteiger partial charge is 0.0981 e. The summed E-state index contributed by atoms with van der Waals surface area (Å²) in [5.41, 5.74) is 24.4. The van der Waals surface area contributed by atoms with Crippen molar-refractivity contribution in [2.24, 2.45) is 0 Å². The lowest BCUT2D eigenvalue weighted by atomic mass is 9.61. The van der Waals surface area contributed by atoms with E-state index in [2.05, 4.69) is 177 Å². The molecule has 10 aromatic rings. The maximum atomic E-state index is 5.88. The predicted octanol–water partition coefficient (Wildman–Crippen LogP) is 12.9. The van der Waals surface area contributed by atoms with Crippen LogP contribution in [0.1, 0.15) is 96.4 Å². The molecule has 0 saturated carbocycles. The normalized spacial score (nSPS) is 18.6. The third-order valence-corrected chi connectivity index (χ3v) is 14.1. The number of aryl methyl sites for hydroxylation is 1. The number of aromatic nitrogens is 3. The number of fused-ring (bicyclic) bond motifs is 3. The van der Waals surface area contributed by atoms with E-state index < -0.39 is 0 Å². The van der Waals surface area contributed by atoms with Crippen molar-refractivity contribution in [1.82, 2.24) is 15.0 Å². The summed E-state index contributed by atoms with van der Waals surface area (Å²) in [6, 6.07) is 62.6. The van der Waals surface area contributed by atoms with E-state index in [1.807, 2.05) is 0 Å². The van der Waals surface area contributed by atoms with Crippen molar-refractivity contribution in [2.45, 2.75) is 30.6 Å². The van der Waals surface area contributed by atoms with E-state index >= 15 is 0 Å². The monoisotopic (exact) mass is 749 g/mol. The molecule has 3 heteroatoms. The largest absolute Gasteiger partial charge is 0.251 e. The Bertz CT molecular complexity index is 3380. The number of hydrogen-bond donors (Lipinski definition) is 0. The van der Waals surface area contributed by atoms with Crippen molar-refractivity contribution in [3.05, 3.63) is 243 Å². The first kappa shape index (κ1) is 31.8. The van der Waals surface area contributed by atoms with Gasteiger partial charge in [0.05, 0.1) is 51.4 Å². The number of pyridine rings is 1. The van der Waals surface area contributed by atoms with Gasteiger partial charge in [0.1, 0.15) is 0 Å². The Hall–Kier alpha value is -7.23. The van der Waals surface area contributed by atoms with Crippen LogP contribution < -0.4 is 0 Å². The highest BCUT2D eigenvalue weighted by Crippen LogP contribution is 2.58. The van der Waals surface area contributed by atoms with E-state index in [0.29, 0.717) is 0 Å². The number of hydrogen-bond acceptors (Lipinski definition) is 3. The van der Waals surface area contributed by atoms with Crippen molar-refractivity contribution in [3.8, 4) is 22.3 Å². The molecule has 0 aliphatic heterocycles. The van der Waals surface area contributed by atoms with E-state index in [1.165, 1.54) is 72.1 Å². The minimum Gasteiger partial charge on any atom is -0.251 e. The summed E-state index contributed by atoms with van der Waals surface area (Å²) >= 11 is 0. The SMILES string of the molecule is Cc1c2c(nc3cc4c(-c5ccccc5)c5nc6c(nc5c(-c5ccccc5)c4cc13)C1c3ccccc3C6c3ccccc31)C1c3ccccc3C2c2ccccc21. The van der Waals surface area contributed by atoms with Gasteiger partial charge < -0.3 is 0 Å². The van der Waals surface area contributed by atoms with Gasteiger partial charge >= 0.3 is 0 Å². The second kappa shape index (κ2) is 11.5. The van der Waals surface area contributed by atoms with Crippen LogP contribution in [0.5, 0.6) is 0 Å². The average molecular weight is 750 g/mol. The van der Waals surface area contributed by atoms with E-state index in [0.717, 1.165) is 55.6 Å². The van der Waals surface area contributed by atoms with Crippen LogP contribution in [0.15, 0.2) is 170 Å². The van der Waals surface area contributed by atoms with Gasteiger partial charge in [0, 0.05) is 22.4 Å². The molecule has 0 saturated heterocycles. The fourth-order valence-electron chi connectivity index (χ4n) is 11.8. The maximum absolute atomic E-state index is 5.88. The van der Waals surface area contributed by atoms with Gasteiger partial charge in [0.2, 0.25) is 0 Å². The van der Waals surface area contributed by atoms with E-state index in [1.54, 1.807) is 0 Å². The molecule has 2 aromatic heterocycles. The Kier molecular flexibility index (Phi) is 6.18. The van der Waals surface area contributed by atoms with Gasteiger partial charge in [-0.3, -0.25) is 4.98 Å². The lowest BCUT2D eigenvalue weighted by molar-refractivity contribution is 0.709. The van der Waals surface area contributed by atoms with Crippen molar-refractivity contribution in [1.29, 1.82) is 0 Å². The van der Waals surface area contributed by atoms with Crippen LogP contribution >= 0.6 is 0 Å². The highest BCUT2D eigenvalue weighted by molar-refractivity contribution is 6.22. The molecule has 0 unspecified atom stereocenters. The van der Waals surface area contributed by atoms with Gasteiger partial charge in [-0.15, -0.1) is 0 Å². The van der Waals surface area contributed by atoms with Gasteiger partial charge in [-0.25, -0.2) is 9.97 Å². The van der Waals surface area contributed by atoms with Crippen LogP contribution in [0.25, 0.3) is 55.0 Å². The molecule has 0 N–H and O–H groups in total. The summed E-state index contributed by atoms with van der Waals surface area (Å²) in [7, 11) is 0. The van der Waals surface area contributed by atoms with E-state index in [4.69, 9.17) is 15.0 Å². The van der Waals surface area contributed by atoms with Crippen LogP contribution in [0.3, 0.4) is 0 Å². The predicted molar refractivity (Wildman–Crippen MR) is 238 cm³/mol. The van der Waals surface area contributed by atoms with Gasteiger partial charge in [0.15, 0.2) is 0 Å². The zero-order valence-electron chi connectivity index (χ0n) is 32.3. The van der Waals surface area contributed by atoms with Gasteiger partial charge in [-0.1, -0.05) is 158 Å². The fourth-order valence-corrected chi connectivity index (χ4v) is 11.8. The van der Waals surface area contributed by atoms with Crippen molar-refractivity contribution in [3.63, 3.8) is 0 Å². The molecule has 3 nitrogen and oxygen atoms in total. The molecule has 16 rings (SSSR count). The van der Waals surface area contributed by atoms with Gasteiger partial charge in [-0.05, 0) is 96.6 Å². The van der Waals surface area contributed by atoms with E-state index in [-0.39, 0.29) is 23.7 Å². The third-order valence-electron chi connectivity index (χ3n) is 14.1. The van der Waals surface area contributed by atoms with Crippen molar-refractivity contribution in [2.75, 3.05) is 0 Å². The summed E-state index contributed by atoms with van der Waals surface area (Å²) < 4.78 is 0. The molecular weight excluding hydrogens is 715 g/mol. The maximum Gasteiger partial charge on any atom is 0.0981 e. The Balaban J connectivity index is 1.14. The first-order chi connectivity index (χ1) is 29.2. The second-order valence-corrected chi connectivity index (χ2v) is 16.9. The quantitative estimate of drug-likeness (QED) is 0.165. The summed E-state index contributed by atoms with van der Waals surface area (Å²) in [5, 5.41) is 3.53. The first-order valence-corrected chi connectivity index (χ1v) is 20.8. The molecule has 8 aromatic carbocycles. The standard InChI is InChI=1S/C56H35N3/c1-30-41-28-42-43(29-44(41)57-52-45(30)48-33-20-8-10-22-35(33)49(52)36-23-11-9-21-34(36)48)47(32-18-6-3-7-19-32)54-53(46(42)31-16-4-2-5-17-31)58-55-50-37-24-12-14-26-39(37)51(56(55)59-54)40-27-15-13-25-38(40)50/h2-29,48-51H,1H3. The zero-order chi connectivity index (χ0) is 38.5. The third kappa shape index (κ3) is 4.05. The molecule has 0 fully saturated rings. The molecule has 0 spiro atoms. The van der Waals surface area contributed by atoms with Crippen LogP contribution in [0, 0.1) is 6.92 Å². The van der Waals surface area contributed by atoms with Gasteiger partial charge in [-0.2, -0.15) is 0 Å². The summed E-state index contributed by atoms with van der Waals surface area (Å²) in [4.78, 5) is 17.5. The summed E-state index contributed by atoms with van der Waals surface area (Å²) in [5.74, 6) is 0.297. The summed E-state index contributed by atoms with van der Waals surface area (Å²) in [6.07, 6.45) is 0. The van der Waals surface area contributed by atoms with Crippen molar-refractivity contribution < 1.29 is 0 Å². The first-order valence-electron chi connectivity index (χ1n) is 20.8. The number of rotatable bonds is 2. The highest BCUT2D eigenvalue weighted by Gasteiger charge is 2.45. The van der Waals surface area contributed by atoms with Crippen LogP contribution in [0.4, 0.5) is 0 Å². The topological polar surface area (TPSA) is 38.7 Å². The van der Waals surface area contributed by atoms with Crippen LogP contribution in [-0.2, 0) is 0 Å². The minimum absolute atomic E-state index is 0.0208. The Labute approximate surface area is 341 Å². The summed E-state index contributed by atoms with van der Waals surface area (Å²) in [6.45, 7) is 2.34. The number of benzene rings is 8. The van der Waals surface area contributed by atoms with Crippen LogP contribution in [0.2, 0.25) is 0 Å². The Morgan fingerprint density at radius 3 is 1.12 bits per heavy atom. The fraction of sp³-hybridized carbons (Fsp3) is 0.0893. The molecule has 274 valence electrons. The Morgan fingerprint density at radius 1 is 0.339 bits per heavy atom. The molecule has 6 aliphatic rings.